The highest BCUT2D eigenvalue weighted by Gasteiger charge is 2.41. The monoisotopic (exact) mass is 374 g/mol. The molecule has 28 heavy (non-hydrogen) atoms. The molecule has 0 spiro atoms. The van der Waals surface area contributed by atoms with E-state index in [0.29, 0.717) is 23.3 Å². The molecule has 2 atom stereocenters. The molecule has 2 nitrogen and oxygen atoms in total. The Balaban J connectivity index is 1.68. The highest BCUT2D eigenvalue weighted by molar-refractivity contribution is 5.87. The summed E-state index contributed by atoms with van der Waals surface area (Å²) in [5.74, 6) is 0.714. The fourth-order valence-corrected chi connectivity index (χ4v) is 4.83. The van der Waals surface area contributed by atoms with E-state index in [1.165, 1.54) is 33.4 Å². The third kappa shape index (κ3) is 3.19. The van der Waals surface area contributed by atoms with Gasteiger partial charge in [-0.05, 0) is 88.5 Å². The van der Waals surface area contributed by atoms with Gasteiger partial charge in [0.05, 0.1) is 5.56 Å². The molecular weight excluding hydrogens is 344 g/mol. The lowest BCUT2D eigenvalue weighted by Crippen LogP contribution is -2.23. The minimum atomic E-state index is -0.861. The van der Waals surface area contributed by atoms with Gasteiger partial charge in [0.1, 0.15) is 0 Å². The van der Waals surface area contributed by atoms with Crippen LogP contribution in [0.4, 0.5) is 0 Å². The first-order valence-corrected chi connectivity index (χ1v) is 10.4. The molecule has 0 bridgehead atoms. The van der Waals surface area contributed by atoms with Gasteiger partial charge in [-0.25, -0.2) is 4.79 Å². The summed E-state index contributed by atoms with van der Waals surface area (Å²) in [6, 6.07) is 12.3. The lowest BCUT2D eigenvalue weighted by molar-refractivity contribution is 0.0697. The molecule has 2 aliphatic rings. The molecule has 2 unspecified atom stereocenters. The predicted octanol–water partition coefficient (Wildman–Crippen LogP) is 6.69. The summed E-state index contributed by atoms with van der Waals surface area (Å²) < 4.78 is 0. The Bertz CT molecular complexity index is 961. The molecule has 2 heteroatoms. The Morgan fingerprint density at radius 1 is 1.11 bits per heavy atom. The number of hydrogen-bond donors (Lipinski definition) is 1. The molecule has 2 aromatic carbocycles. The zero-order valence-corrected chi connectivity index (χ0v) is 17.5. The third-order valence-corrected chi connectivity index (χ3v) is 6.68. The van der Waals surface area contributed by atoms with Crippen LogP contribution < -0.4 is 0 Å². The Hall–Kier alpha value is -2.35. The highest BCUT2D eigenvalue weighted by atomic mass is 16.4. The van der Waals surface area contributed by atoms with Crippen molar-refractivity contribution in [2.24, 2.45) is 5.92 Å². The molecule has 1 N–H and O–H groups in total. The summed E-state index contributed by atoms with van der Waals surface area (Å²) in [5, 5.41) is 9.12. The number of benzene rings is 2. The zero-order valence-electron chi connectivity index (χ0n) is 17.5. The number of aryl methyl sites for hydroxylation is 1. The largest absolute Gasteiger partial charge is 0.478 e. The van der Waals surface area contributed by atoms with Gasteiger partial charge in [0.25, 0.3) is 0 Å². The first-order valence-electron chi connectivity index (χ1n) is 10.4. The van der Waals surface area contributed by atoms with E-state index in [0.717, 1.165) is 12.8 Å². The van der Waals surface area contributed by atoms with E-state index in [2.05, 4.69) is 52.8 Å². The van der Waals surface area contributed by atoms with Gasteiger partial charge in [0, 0.05) is 0 Å². The smallest absolute Gasteiger partial charge is 0.335 e. The maximum atomic E-state index is 11.1. The van der Waals surface area contributed by atoms with E-state index in [1.807, 2.05) is 12.1 Å². The normalized spacial score (nSPS) is 22.6. The molecule has 2 aromatic rings. The van der Waals surface area contributed by atoms with Crippen molar-refractivity contribution in [2.45, 2.75) is 64.7 Å². The van der Waals surface area contributed by atoms with Crippen molar-refractivity contribution in [1.82, 2.24) is 0 Å². The van der Waals surface area contributed by atoms with E-state index in [-0.39, 0.29) is 5.41 Å². The van der Waals surface area contributed by atoms with Crippen molar-refractivity contribution in [2.75, 3.05) is 0 Å². The minimum Gasteiger partial charge on any atom is -0.478 e. The van der Waals surface area contributed by atoms with Crippen molar-refractivity contribution in [1.29, 1.82) is 0 Å². The minimum absolute atomic E-state index is 0.187. The zero-order chi connectivity index (χ0) is 20.2. The number of fused-ring (bicyclic) bond motifs is 1. The van der Waals surface area contributed by atoms with E-state index in [4.69, 9.17) is 5.11 Å². The van der Waals surface area contributed by atoms with Gasteiger partial charge in [0.2, 0.25) is 0 Å². The molecule has 4 rings (SSSR count). The van der Waals surface area contributed by atoms with Crippen molar-refractivity contribution < 1.29 is 9.90 Å². The van der Waals surface area contributed by atoms with Crippen LogP contribution in [0.2, 0.25) is 0 Å². The Morgan fingerprint density at radius 3 is 2.39 bits per heavy atom. The first kappa shape index (κ1) is 19.0. The second kappa shape index (κ2) is 6.62. The lowest BCUT2D eigenvalue weighted by atomic mass is 9.70. The number of hydrogen-bond acceptors (Lipinski definition) is 1. The third-order valence-electron chi connectivity index (χ3n) is 6.68. The average molecular weight is 375 g/mol. The topological polar surface area (TPSA) is 37.3 Å². The summed E-state index contributed by atoms with van der Waals surface area (Å²) >= 11 is 0. The SMILES string of the molecule is Cc1cc2c(cc1C1CC1c1ccc(C(=O)O)cc1)C(C(C)C)=CCC2(C)C. The van der Waals surface area contributed by atoms with Gasteiger partial charge in [0.15, 0.2) is 0 Å². The fourth-order valence-electron chi connectivity index (χ4n) is 4.83. The Labute approximate surface area is 168 Å². The Morgan fingerprint density at radius 2 is 1.79 bits per heavy atom. The number of carbonyl (C=O) groups is 1. The van der Waals surface area contributed by atoms with Crippen LogP contribution in [-0.2, 0) is 5.41 Å². The molecular formula is C26H30O2. The molecule has 0 aliphatic heterocycles. The Kier molecular flexibility index (Phi) is 4.49. The first-order chi connectivity index (χ1) is 13.2. The van der Waals surface area contributed by atoms with Crippen LogP contribution in [0, 0.1) is 12.8 Å². The van der Waals surface area contributed by atoms with Crippen molar-refractivity contribution in [3.05, 3.63) is 75.9 Å². The molecule has 0 radical (unpaired) electrons. The molecule has 0 saturated heterocycles. The molecule has 1 saturated carbocycles. The number of allylic oxidation sites excluding steroid dienone is 2. The van der Waals surface area contributed by atoms with E-state index in [1.54, 1.807) is 12.1 Å². The van der Waals surface area contributed by atoms with Gasteiger partial charge in [-0.1, -0.05) is 58.0 Å². The summed E-state index contributed by atoms with van der Waals surface area (Å²) in [6.07, 6.45) is 4.70. The standard InChI is InChI=1S/C26H30O2/c1-15(2)19-10-11-26(4,5)24-12-16(3)20(13-23(19)24)22-14-21(22)17-6-8-18(9-7-17)25(27)28/h6-10,12-13,15,21-22H,11,14H2,1-5H3,(H,27,28). The maximum absolute atomic E-state index is 11.1. The molecule has 146 valence electrons. The number of carboxylic acid groups (broad SMARTS) is 1. The van der Waals surface area contributed by atoms with Crippen LogP contribution in [0.5, 0.6) is 0 Å². The maximum Gasteiger partial charge on any atom is 0.335 e. The molecule has 0 amide bonds. The number of rotatable bonds is 4. The molecule has 1 fully saturated rings. The second-order valence-electron chi connectivity index (χ2n) is 9.53. The van der Waals surface area contributed by atoms with Crippen LogP contribution in [0.25, 0.3) is 5.57 Å². The summed E-state index contributed by atoms with van der Waals surface area (Å²) in [4.78, 5) is 11.1. The van der Waals surface area contributed by atoms with Gasteiger partial charge in [-0.3, -0.25) is 0 Å². The average Bonchev–Trinajstić information content (AvgIpc) is 3.42. The van der Waals surface area contributed by atoms with Crippen LogP contribution in [0.15, 0.2) is 42.5 Å². The van der Waals surface area contributed by atoms with E-state index < -0.39 is 5.97 Å². The fraction of sp³-hybridized carbons (Fsp3) is 0.423. The lowest BCUT2D eigenvalue weighted by Gasteiger charge is -2.34. The van der Waals surface area contributed by atoms with Crippen LogP contribution >= 0.6 is 0 Å². The predicted molar refractivity (Wildman–Crippen MR) is 115 cm³/mol. The number of aromatic carboxylic acids is 1. The molecule has 2 aliphatic carbocycles. The quantitative estimate of drug-likeness (QED) is 0.647. The summed E-state index contributed by atoms with van der Waals surface area (Å²) in [5.41, 5.74) is 9.08. The van der Waals surface area contributed by atoms with Crippen molar-refractivity contribution in [3.8, 4) is 0 Å². The second-order valence-corrected chi connectivity index (χ2v) is 9.53. The van der Waals surface area contributed by atoms with Crippen LogP contribution in [0.3, 0.4) is 0 Å². The van der Waals surface area contributed by atoms with Crippen molar-refractivity contribution in [3.63, 3.8) is 0 Å². The molecule has 0 aromatic heterocycles. The summed E-state index contributed by atoms with van der Waals surface area (Å²) in [7, 11) is 0. The van der Waals surface area contributed by atoms with E-state index >= 15 is 0 Å². The summed E-state index contributed by atoms with van der Waals surface area (Å²) in [6.45, 7) is 11.5. The van der Waals surface area contributed by atoms with Gasteiger partial charge >= 0.3 is 5.97 Å². The number of carboxylic acids is 1. The molecule has 0 heterocycles. The van der Waals surface area contributed by atoms with Crippen LogP contribution in [0.1, 0.15) is 90.5 Å². The van der Waals surface area contributed by atoms with Gasteiger partial charge in [-0.2, -0.15) is 0 Å². The van der Waals surface area contributed by atoms with Gasteiger partial charge < -0.3 is 5.11 Å². The van der Waals surface area contributed by atoms with Gasteiger partial charge in [-0.15, -0.1) is 0 Å². The van der Waals surface area contributed by atoms with Crippen molar-refractivity contribution >= 4 is 11.5 Å². The van der Waals surface area contributed by atoms with Crippen LogP contribution in [-0.4, -0.2) is 11.1 Å². The van der Waals surface area contributed by atoms with E-state index in [9.17, 15) is 4.79 Å². The highest BCUT2D eigenvalue weighted by Crippen LogP contribution is 2.56.